The molecule has 5 heteroatoms. The van der Waals surface area contributed by atoms with Crippen LogP contribution in [0.2, 0.25) is 0 Å². The Kier molecular flexibility index (Phi) is 3.87. The molecule has 3 nitrogen and oxygen atoms in total. The molecule has 1 fully saturated rings. The molecule has 104 valence electrons. The molecule has 2 heterocycles. The number of fused-ring (bicyclic) bond motifs is 1. The van der Waals surface area contributed by atoms with Gasteiger partial charge in [0.2, 0.25) is 0 Å². The average molecular weight is 295 g/mol. The van der Waals surface area contributed by atoms with E-state index >= 15 is 0 Å². The van der Waals surface area contributed by atoms with Crippen LogP contribution in [0.4, 0.5) is 0 Å². The molecular weight excluding hydrogens is 274 g/mol. The predicted octanol–water partition coefficient (Wildman–Crippen LogP) is 3.39. The van der Waals surface area contributed by atoms with Crippen LogP contribution in [-0.2, 0) is 6.54 Å². The highest BCUT2D eigenvalue weighted by molar-refractivity contribution is 7.99. The lowest BCUT2D eigenvalue weighted by atomic mass is 10.2. The maximum Gasteiger partial charge on any atom is 0.194 e. The van der Waals surface area contributed by atoms with Crippen molar-refractivity contribution in [1.82, 2.24) is 14.7 Å². The fourth-order valence-electron chi connectivity index (χ4n) is 3.05. The van der Waals surface area contributed by atoms with E-state index in [1.54, 1.807) is 11.3 Å². The minimum absolute atomic E-state index is 0.666. The summed E-state index contributed by atoms with van der Waals surface area (Å²) in [6.07, 6.45) is 6.27. The van der Waals surface area contributed by atoms with Crippen LogP contribution in [0.1, 0.15) is 36.3 Å². The van der Waals surface area contributed by atoms with Crippen LogP contribution in [0.3, 0.4) is 0 Å². The predicted molar refractivity (Wildman–Crippen MR) is 84.3 cm³/mol. The fourth-order valence-corrected chi connectivity index (χ4v) is 4.94. The molecule has 1 saturated carbocycles. The van der Waals surface area contributed by atoms with Gasteiger partial charge in [0.1, 0.15) is 0 Å². The molecule has 1 aliphatic rings. The van der Waals surface area contributed by atoms with Crippen LogP contribution in [0.25, 0.3) is 4.96 Å². The van der Waals surface area contributed by atoms with Crippen molar-refractivity contribution in [2.24, 2.45) is 0 Å². The Morgan fingerprint density at radius 3 is 3.11 bits per heavy atom. The summed E-state index contributed by atoms with van der Waals surface area (Å²) in [6.45, 7) is 5.22. The van der Waals surface area contributed by atoms with E-state index in [2.05, 4.69) is 40.2 Å². The van der Waals surface area contributed by atoms with Crippen LogP contribution in [0, 0.1) is 13.8 Å². The van der Waals surface area contributed by atoms with Crippen LogP contribution < -0.4 is 5.32 Å². The molecule has 2 aromatic heterocycles. The van der Waals surface area contributed by atoms with E-state index in [0.717, 1.165) is 16.8 Å². The van der Waals surface area contributed by atoms with Gasteiger partial charge in [-0.25, -0.2) is 4.98 Å². The molecule has 3 rings (SSSR count). The topological polar surface area (TPSA) is 29.3 Å². The minimum Gasteiger partial charge on any atom is -0.307 e. The van der Waals surface area contributed by atoms with Gasteiger partial charge in [-0.1, -0.05) is 6.42 Å². The van der Waals surface area contributed by atoms with Crippen LogP contribution in [0.5, 0.6) is 0 Å². The molecule has 0 spiro atoms. The monoisotopic (exact) mass is 295 g/mol. The summed E-state index contributed by atoms with van der Waals surface area (Å²) in [5.74, 6) is 0. The minimum atomic E-state index is 0.666. The Labute approximate surface area is 122 Å². The maximum absolute atomic E-state index is 4.65. The summed E-state index contributed by atoms with van der Waals surface area (Å²) in [6, 6.07) is 0.666. The number of rotatable bonds is 4. The number of thiazole rings is 1. The summed E-state index contributed by atoms with van der Waals surface area (Å²) < 4.78 is 2.30. The quantitative estimate of drug-likeness (QED) is 0.937. The standard InChI is InChI=1S/C14H21N3S2/c1-9-8-19-14-16-10(2)12(17(9)14)7-15-11-5-4-6-13(11)18-3/h8,11,13,15H,4-7H2,1-3H3. The SMILES string of the molecule is CSC1CCCC1NCc1c(C)nc2scc(C)n12. The maximum atomic E-state index is 4.65. The van der Waals surface area contributed by atoms with Gasteiger partial charge in [-0.3, -0.25) is 4.40 Å². The first kappa shape index (κ1) is 13.5. The molecule has 1 aliphatic carbocycles. The zero-order valence-corrected chi connectivity index (χ0v) is 13.4. The number of hydrogen-bond donors (Lipinski definition) is 1. The number of thioether (sulfide) groups is 1. The van der Waals surface area contributed by atoms with Crippen molar-refractivity contribution in [2.75, 3.05) is 6.26 Å². The van der Waals surface area contributed by atoms with Gasteiger partial charge in [0, 0.05) is 28.9 Å². The van der Waals surface area contributed by atoms with E-state index in [1.807, 2.05) is 11.8 Å². The van der Waals surface area contributed by atoms with Gasteiger partial charge in [-0.15, -0.1) is 11.3 Å². The van der Waals surface area contributed by atoms with Gasteiger partial charge >= 0.3 is 0 Å². The van der Waals surface area contributed by atoms with Crippen molar-refractivity contribution >= 4 is 28.1 Å². The molecular formula is C14H21N3S2. The summed E-state index contributed by atoms with van der Waals surface area (Å²) in [5.41, 5.74) is 3.80. The second kappa shape index (κ2) is 5.46. The normalized spacial score (nSPS) is 23.5. The first-order valence-corrected chi connectivity index (χ1v) is 9.05. The lowest BCUT2D eigenvalue weighted by Gasteiger charge is -2.19. The smallest absolute Gasteiger partial charge is 0.194 e. The van der Waals surface area contributed by atoms with Crippen LogP contribution in [-0.4, -0.2) is 26.9 Å². The van der Waals surface area contributed by atoms with Gasteiger partial charge in [-0.05, 0) is 32.9 Å². The third-order valence-electron chi connectivity index (χ3n) is 4.12. The van der Waals surface area contributed by atoms with Crippen LogP contribution >= 0.6 is 23.1 Å². The second-order valence-electron chi connectivity index (χ2n) is 5.33. The molecule has 0 saturated heterocycles. The molecule has 19 heavy (non-hydrogen) atoms. The van der Waals surface area contributed by atoms with Gasteiger partial charge in [0.15, 0.2) is 4.96 Å². The number of nitrogens with zero attached hydrogens (tertiary/aromatic N) is 2. The van der Waals surface area contributed by atoms with Crippen molar-refractivity contribution < 1.29 is 0 Å². The Bertz CT molecular complexity index is 573. The van der Waals surface area contributed by atoms with Crippen molar-refractivity contribution in [3.63, 3.8) is 0 Å². The Morgan fingerprint density at radius 2 is 2.32 bits per heavy atom. The van der Waals surface area contributed by atoms with E-state index in [0.29, 0.717) is 6.04 Å². The van der Waals surface area contributed by atoms with Crippen LogP contribution in [0.15, 0.2) is 5.38 Å². The molecule has 2 aromatic rings. The van der Waals surface area contributed by atoms with E-state index in [9.17, 15) is 0 Å². The Morgan fingerprint density at radius 1 is 1.47 bits per heavy atom. The number of nitrogens with one attached hydrogen (secondary N) is 1. The number of imidazole rings is 1. The average Bonchev–Trinajstić information content (AvgIpc) is 3.05. The third kappa shape index (κ3) is 2.43. The van der Waals surface area contributed by atoms with E-state index < -0.39 is 0 Å². The molecule has 0 aliphatic heterocycles. The zero-order valence-electron chi connectivity index (χ0n) is 11.8. The number of aromatic nitrogens is 2. The van der Waals surface area contributed by atoms with Gasteiger partial charge in [-0.2, -0.15) is 11.8 Å². The molecule has 0 radical (unpaired) electrons. The second-order valence-corrected chi connectivity index (χ2v) is 7.24. The molecule has 2 atom stereocenters. The van der Waals surface area contributed by atoms with Crippen molar-refractivity contribution in [3.8, 4) is 0 Å². The van der Waals surface area contributed by atoms with Gasteiger partial charge < -0.3 is 5.32 Å². The first-order chi connectivity index (χ1) is 9.20. The number of hydrogen-bond acceptors (Lipinski definition) is 4. The lowest BCUT2D eigenvalue weighted by molar-refractivity contribution is 0.524. The molecule has 0 aromatic carbocycles. The summed E-state index contributed by atoms with van der Waals surface area (Å²) in [5, 5.41) is 6.73. The molecule has 1 N–H and O–H groups in total. The number of aryl methyl sites for hydroxylation is 2. The van der Waals surface area contributed by atoms with E-state index in [4.69, 9.17) is 0 Å². The van der Waals surface area contributed by atoms with Crippen molar-refractivity contribution in [2.45, 2.75) is 50.9 Å². The van der Waals surface area contributed by atoms with Crippen molar-refractivity contribution in [3.05, 3.63) is 22.5 Å². The summed E-state index contributed by atoms with van der Waals surface area (Å²) in [7, 11) is 0. The Hall–Kier alpha value is -0.520. The van der Waals surface area contributed by atoms with Crippen molar-refractivity contribution in [1.29, 1.82) is 0 Å². The van der Waals surface area contributed by atoms with Gasteiger partial charge in [0.25, 0.3) is 0 Å². The van der Waals surface area contributed by atoms with Gasteiger partial charge in [0.05, 0.1) is 11.4 Å². The third-order valence-corrected chi connectivity index (χ3v) is 6.23. The largest absolute Gasteiger partial charge is 0.307 e. The zero-order chi connectivity index (χ0) is 13.4. The molecule has 2 unspecified atom stereocenters. The first-order valence-electron chi connectivity index (χ1n) is 6.89. The summed E-state index contributed by atoms with van der Waals surface area (Å²) >= 11 is 3.74. The highest BCUT2D eigenvalue weighted by Gasteiger charge is 2.26. The summed E-state index contributed by atoms with van der Waals surface area (Å²) in [4.78, 5) is 5.78. The van der Waals surface area contributed by atoms with E-state index in [-0.39, 0.29) is 0 Å². The fraction of sp³-hybridized carbons (Fsp3) is 0.643. The Balaban J connectivity index is 1.78. The molecule has 0 bridgehead atoms. The highest BCUT2D eigenvalue weighted by atomic mass is 32.2. The molecule has 0 amide bonds. The van der Waals surface area contributed by atoms with E-state index in [1.165, 1.54) is 36.3 Å². The highest BCUT2D eigenvalue weighted by Crippen LogP contribution is 2.29. The lowest BCUT2D eigenvalue weighted by Crippen LogP contribution is -2.34.